The van der Waals surface area contributed by atoms with E-state index >= 15 is 0 Å². The molecule has 1 amide bonds. The van der Waals surface area contributed by atoms with E-state index in [0.29, 0.717) is 11.3 Å². The number of halogens is 1. The van der Waals surface area contributed by atoms with Crippen LogP contribution in [0.15, 0.2) is 18.2 Å². The molecule has 0 fully saturated rings. The summed E-state index contributed by atoms with van der Waals surface area (Å²) in [6.45, 7) is 1.73. The number of nitrogens with one attached hydrogen (secondary N) is 1. The van der Waals surface area contributed by atoms with E-state index in [1.54, 1.807) is 19.1 Å². The minimum absolute atomic E-state index is 0.279. The van der Waals surface area contributed by atoms with Crippen LogP contribution in [0, 0.1) is 6.92 Å². The van der Waals surface area contributed by atoms with Crippen LogP contribution in [-0.4, -0.2) is 13.0 Å². The molecular formula is C9H10FNO2. The lowest BCUT2D eigenvalue weighted by Gasteiger charge is -2.05. The lowest BCUT2D eigenvalue weighted by Crippen LogP contribution is -2.14. The number of carbonyl (C=O) groups is 1. The molecular weight excluding hydrogens is 173 g/mol. The number of hydrogen-bond acceptors (Lipinski definition) is 2. The second kappa shape index (κ2) is 3.89. The Hall–Kier alpha value is -1.58. The van der Waals surface area contributed by atoms with Crippen molar-refractivity contribution in [3.63, 3.8) is 0 Å². The Morgan fingerprint density at radius 2 is 2.23 bits per heavy atom. The van der Waals surface area contributed by atoms with Crippen molar-refractivity contribution >= 4 is 5.91 Å². The van der Waals surface area contributed by atoms with E-state index in [1.807, 2.05) is 0 Å². The fourth-order valence-electron chi connectivity index (χ4n) is 1.02. The van der Waals surface area contributed by atoms with Crippen molar-refractivity contribution in [1.29, 1.82) is 0 Å². The summed E-state index contributed by atoms with van der Waals surface area (Å²) in [7, 11) is 1.49. The van der Waals surface area contributed by atoms with E-state index in [2.05, 4.69) is 0 Å². The van der Waals surface area contributed by atoms with Crippen LogP contribution in [-0.2, 0) is 0 Å². The van der Waals surface area contributed by atoms with Gasteiger partial charge in [-0.3, -0.25) is 4.79 Å². The van der Waals surface area contributed by atoms with E-state index in [0.717, 1.165) is 5.54 Å². The summed E-state index contributed by atoms with van der Waals surface area (Å²) in [6.07, 6.45) is 0. The third-order valence-electron chi connectivity index (χ3n) is 1.78. The SMILES string of the molecule is COc1ccc(C)c(C(=O)NF)c1. The van der Waals surface area contributed by atoms with Gasteiger partial charge in [0.1, 0.15) is 5.75 Å². The summed E-state index contributed by atoms with van der Waals surface area (Å²) >= 11 is 0. The molecule has 1 aromatic rings. The average Bonchev–Trinajstić information content (AvgIpc) is 2.17. The van der Waals surface area contributed by atoms with Gasteiger partial charge in [-0.05, 0) is 24.6 Å². The first-order valence-corrected chi connectivity index (χ1v) is 3.74. The highest BCUT2D eigenvalue weighted by Crippen LogP contribution is 2.16. The lowest BCUT2D eigenvalue weighted by molar-refractivity contribution is 0.0858. The molecule has 0 aliphatic carbocycles. The maximum Gasteiger partial charge on any atom is 0.279 e. The number of ether oxygens (including phenoxy) is 1. The molecule has 1 rings (SSSR count). The zero-order chi connectivity index (χ0) is 9.84. The quantitative estimate of drug-likeness (QED) is 0.707. The molecule has 70 valence electrons. The van der Waals surface area contributed by atoms with Crippen molar-refractivity contribution in [2.75, 3.05) is 7.11 Å². The van der Waals surface area contributed by atoms with E-state index < -0.39 is 5.91 Å². The Labute approximate surface area is 75.5 Å². The highest BCUT2D eigenvalue weighted by Gasteiger charge is 2.09. The molecule has 0 atom stereocenters. The van der Waals surface area contributed by atoms with Crippen molar-refractivity contribution in [2.24, 2.45) is 0 Å². The van der Waals surface area contributed by atoms with Gasteiger partial charge in [-0.15, -0.1) is 0 Å². The number of carbonyl (C=O) groups excluding carboxylic acids is 1. The van der Waals surface area contributed by atoms with Gasteiger partial charge in [0.05, 0.1) is 7.11 Å². The van der Waals surface area contributed by atoms with Gasteiger partial charge in [-0.25, -0.2) is 0 Å². The van der Waals surface area contributed by atoms with E-state index in [4.69, 9.17) is 4.74 Å². The van der Waals surface area contributed by atoms with Gasteiger partial charge < -0.3 is 4.74 Å². The molecule has 4 heteroatoms. The Morgan fingerprint density at radius 3 is 2.77 bits per heavy atom. The maximum atomic E-state index is 11.8. The molecule has 0 aliphatic rings. The molecule has 0 spiro atoms. The van der Waals surface area contributed by atoms with Gasteiger partial charge in [0.15, 0.2) is 0 Å². The van der Waals surface area contributed by atoms with Crippen molar-refractivity contribution < 1.29 is 14.0 Å². The molecule has 13 heavy (non-hydrogen) atoms. The van der Waals surface area contributed by atoms with Crippen LogP contribution in [0.2, 0.25) is 0 Å². The molecule has 0 radical (unpaired) electrons. The number of benzene rings is 1. The predicted molar refractivity (Wildman–Crippen MR) is 46.3 cm³/mol. The van der Waals surface area contributed by atoms with Crippen LogP contribution in [0.4, 0.5) is 4.48 Å². The summed E-state index contributed by atoms with van der Waals surface area (Å²) in [5.74, 6) is -0.222. The highest BCUT2D eigenvalue weighted by molar-refractivity contribution is 5.95. The predicted octanol–water partition coefficient (Wildman–Crippen LogP) is 1.62. The van der Waals surface area contributed by atoms with Crippen molar-refractivity contribution in [2.45, 2.75) is 6.92 Å². The normalized spacial score (nSPS) is 9.46. The fraction of sp³-hybridized carbons (Fsp3) is 0.222. The molecule has 0 unspecified atom stereocenters. The molecule has 1 N–H and O–H groups in total. The zero-order valence-electron chi connectivity index (χ0n) is 7.43. The van der Waals surface area contributed by atoms with Gasteiger partial charge in [-0.2, -0.15) is 5.54 Å². The Kier molecular flexibility index (Phi) is 2.84. The summed E-state index contributed by atoms with van der Waals surface area (Å²) < 4.78 is 16.7. The molecule has 0 aliphatic heterocycles. The van der Waals surface area contributed by atoms with Crippen molar-refractivity contribution in [3.05, 3.63) is 29.3 Å². The summed E-state index contributed by atoms with van der Waals surface area (Å²) in [4.78, 5) is 11.0. The molecule has 0 aromatic heterocycles. The van der Waals surface area contributed by atoms with Crippen molar-refractivity contribution in [3.8, 4) is 5.75 Å². The van der Waals surface area contributed by atoms with E-state index in [-0.39, 0.29) is 5.56 Å². The number of aryl methyl sites for hydroxylation is 1. The average molecular weight is 183 g/mol. The van der Waals surface area contributed by atoms with Gasteiger partial charge in [0.25, 0.3) is 5.91 Å². The van der Waals surface area contributed by atoms with E-state index in [1.165, 1.54) is 13.2 Å². The van der Waals surface area contributed by atoms with Crippen LogP contribution >= 0.6 is 0 Å². The van der Waals surface area contributed by atoms with Crippen LogP contribution in [0.25, 0.3) is 0 Å². The third kappa shape index (κ3) is 1.96. The standard InChI is InChI=1S/C9H10FNO2/c1-6-3-4-7(13-2)5-8(6)9(12)11-10/h3-5H,1-2H3,(H,11,12). The Morgan fingerprint density at radius 1 is 1.54 bits per heavy atom. The smallest absolute Gasteiger partial charge is 0.279 e. The first-order chi connectivity index (χ1) is 6.19. The minimum Gasteiger partial charge on any atom is -0.497 e. The summed E-state index contributed by atoms with van der Waals surface area (Å²) in [5.41, 5.74) is 2.06. The molecule has 0 heterocycles. The number of hydrogen-bond donors (Lipinski definition) is 1. The van der Waals surface area contributed by atoms with Crippen LogP contribution in [0.3, 0.4) is 0 Å². The second-order valence-electron chi connectivity index (χ2n) is 2.60. The monoisotopic (exact) mass is 183 g/mol. The lowest BCUT2D eigenvalue weighted by atomic mass is 10.1. The van der Waals surface area contributed by atoms with Gasteiger partial charge in [0, 0.05) is 5.56 Å². The molecule has 3 nitrogen and oxygen atoms in total. The Balaban J connectivity index is 3.11. The van der Waals surface area contributed by atoms with E-state index in [9.17, 15) is 9.28 Å². The Bertz CT molecular complexity index is 325. The van der Waals surface area contributed by atoms with Crippen molar-refractivity contribution in [1.82, 2.24) is 5.54 Å². The molecule has 0 saturated carbocycles. The van der Waals surface area contributed by atoms with Gasteiger partial charge >= 0.3 is 0 Å². The zero-order valence-corrected chi connectivity index (χ0v) is 7.43. The molecule has 1 aromatic carbocycles. The van der Waals surface area contributed by atoms with Crippen LogP contribution in [0.1, 0.15) is 15.9 Å². The first-order valence-electron chi connectivity index (χ1n) is 3.74. The first kappa shape index (κ1) is 9.51. The number of amides is 1. The number of methoxy groups -OCH3 is 1. The second-order valence-corrected chi connectivity index (χ2v) is 2.60. The molecule has 0 bridgehead atoms. The van der Waals surface area contributed by atoms with Gasteiger partial charge in [0.2, 0.25) is 0 Å². The van der Waals surface area contributed by atoms with Crippen LogP contribution in [0.5, 0.6) is 5.75 Å². The largest absolute Gasteiger partial charge is 0.497 e. The third-order valence-corrected chi connectivity index (χ3v) is 1.78. The topological polar surface area (TPSA) is 38.3 Å². The number of rotatable bonds is 2. The fourth-order valence-corrected chi connectivity index (χ4v) is 1.02. The summed E-state index contributed by atoms with van der Waals surface area (Å²) in [5, 5.41) is 0. The highest BCUT2D eigenvalue weighted by atomic mass is 19.2. The maximum absolute atomic E-state index is 11.8. The minimum atomic E-state index is -0.753. The summed E-state index contributed by atoms with van der Waals surface area (Å²) in [6, 6.07) is 4.90. The molecule has 0 saturated heterocycles. The van der Waals surface area contributed by atoms with Gasteiger partial charge in [-0.1, -0.05) is 10.5 Å². The van der Waals surface area contributed by atoms with Crippen LogP contribution < -0.4 is 10.3 Å².